The van der Waals surface area contributed by atoms with Gasteiger partial charge in [-0.25, -0.2) is 9.37 Å². The number of H-pyrrole nitrogens is 1. The Hall–Kier alpha value is -2.17. The smallest absolute Gasteiger partial charge is 0.251 e. The fourth-order valence-corrected chi connectivity index (χ4v) is 1.55. The monoisotopic (exact) mass is 234 g/mol. The van der Waals surface area contributed by atoms with E-state index in [1.54, 1.807) is 6.92 Å². The van der Waals surface area contributed by atoms with Gasteiger partial charge in [-0.1, -0.05) is 0 Å². The minimum absolute atomic E-state index is 0.249. The van der Waals surface area contributed by atoms with Crippen LogP contribution in [0.25, 0.3) is 11.3 Å². The maximum atomic E-state index is 13.6. The van der Waals surface area contributed by atoms with Gasteiger partial charge in [0, 0.05) is 11.6 Å². The van der Waals surface area contributed by atoms with Gasteiger partial charge in [-0.2, -0.15) is 0 Å². The van der Waals surface area contributed by atoms with E-state index in [-0.39, 0.29) is 11.1 Å². The Morgan fingerprint density at radius 3 is 2.76 bits per heavy atom. The molecule has 88 valence electrons. The van der Waals surface area contributed by atoms with E-state index in [9.17, 15) is 9.18 Å². The second-order valence-electron chi connectivity index (χ2n) is 3.56. The molecule has 2 rings (SSSR count). The summed E-state index contributed by atoms with van der Waals surface area (Å²) in [5.74, 6) is 0.513. The van der Waals surface area contributed by atoms with E-state index < -0.39 is 5.82 Å². The van der Waals surface area contributed by atoms with Crippen molar-refractivity contribution in [1.82, 2.24) is 9.97 Å². The van der Waals surface area contributed by atoms with Gasteiger partial charge in [0.15, 0.2) is 0 Å². The minimum Gasteiger partial charge on any atom is -0.497 e. The van der Waals surface area contributed by atoms with Crippen molar-refractivity contribution in [3.05, 3.63) is 46.3 Å². The molecule has 0 saturated carbocycles. The maximum absolute atomic E-state index is 13.6. The molecule has 0 bridgehead atoms. The number of aryl methyl sites for hydroxylation is 1. The van der Waals surface area contributed by atoms with Crippen molar-refractivity contribution in [1.29, 1.82) is 0 Å². The first kappa shape index (κ1) is 11.3. The van der Waals surface area contributed by atoms with E-state index in [0.717, 1.165) is 0 Å². The summed E-state index contributed by atoms with van der Waals surface area (Å²) in [6.07, 6.45) is 0. The number of aromatic amines is 1. The quantitative estimate of drug-likeness (QED) is 0.863. The molecule has 0 amide bonds. The van der Waals surface area contributed by atoms with E-state index in [4.69, 9.17) is 4.74 Å². The Morgan fingerprint density at radius 1 is 1.35 bits per heavy atom. The van der Waals surface area contributed by atoms with E-state index in [1.807, 2.05) is 0 Å². The molecule has 1 aromatic heterocycles. The number of aromatic nitrogens is 2. The van der Waals surface area contributed by atoms with Crippen LogP contribution in [-0.2, 0) is 0 Å². The normalized spacial score (nSPS) is 10.3. The molecule has 0 saturated heterocycles. The molecule has 4 nitrogen and oxygen atoms in total. The molecule has 1 heterocycles. The molecule has 2 aromatic rings. The Bertz CT molecular complexity index is 608. The van der Waals surface area contributed by atoms with Crippen LogP contribution in [0.4, 0.5) is 4.39 Å². The molecule has 0 aliphatic rings. The highest BCUT2D eigenvalue weighted by Crippen LogP contribution is 2.24. The molecule has 5 heteroatoms. The van der Waals surface area contributed by atoms with Gasteiger partial charge >= 0.3 is 0 Å². The predicted octanol–water partition coefficient (Wildman–Crippen LogP) is 1.89. The van der Waals surface area contributed by atoms with Crippen molar-refractivity contribution < 1.29 is 9.13 Å². The van der Waals surface area contributed by atoms with Crippen molar-refractivity contribution in [3.8, 4) is 17.0 Å². The summed E-state index contributed by atoms with van der Waals surface area (Å²) in [6, 6.07) is 5.56. The molecule has 1 aromatic carbocycles. The third kappa shape index (κ3) is 2.33. The molecule has 0 atom stereocenters. The number of hydrogen-bond acceptors (Lipinski definition) is 3. The lowest BCUT2D eigenvalue weighted by Gasteiger charge is -2.06. The van der Waals surface area contributed by atoms with Gasteiger partial charge in [0.2, 0.25) is 0 Å². The topological polar surface area (TPSA) is 55.0 Å². The van der Waals surface area contributed by atoms with Gasteiger partial charge in [0.05, 0.1) is 12.8 Å². The fourth-order valence-electron chi connectivity index (χ4n) is 1.55. The lowest BCUT2D eigenvalue weighted by Crippen LogP contribution is -2.08. The molecule has 0 radical (unpaired) electrons. The Labute approximate surface area is 97.1 Å². The van der Waals surface area contributed by atoms with E-state index >= 15 is 0 Å². The number of nitrogens with one attached hydrogen (secondary N) is 1. The molecule has 0 aliphatic heterocycles. The molecule has 0 unspecified atom stereocenters. The molecule has 1 N–H and O–H groups in total. The van der Waals surface area contributed by atoms with Crippen molar-refractivity contribution in [3.63, 3.8) is 0 Å². The Kier molecular flexibility index (Phi) is 2.91. The van der Waals surface area contributed by atoms with E-state index in [2.05, 4.69) is 9.97 Å². The second-order valence-corrected chi connectivity index (χ2v) is 3.56. The van der Waals surface area contributed by atoms with Crippen molar-refractivity contribution in [2.75, 3.05) is 7.11 Å². The third-order valence-corrected chi connectivity index (χ3v) is 2.31. The zero-order chi connectivity index (χ0) is 12.4. The minimum atomic E-state index is -0.441. The number of ether oxygens (including phenoxy) is 1. The summed E-state index contributed by atoms with van der Waals surface area (Å²) in [7, 11) is 1.49. The predicted molar refractivity (Wildman–Crippen MR) is 61.5 cm³/mol. The van der Waals surface area contributed by atoms with Crippen LogP contribution in [0.5, 0.6) is 5.75 Å². The summed E-state index contributed by atoms with van der Waals surface area (Å²) in [6.45, 7) is 1.64. The van der Waals surface area contributed by atoms with Crippen LogP contribution in [-0.4, -0.2) is 17.1 Å². The van der Waals surface area contributed by atoms with Crippen molar-refractivity contribution in [2.45, 2.75) is 6.92 Å². The van der Waals surface area contributed by atoms with Gasteiger partial charge < -0.3 is 9.72 Å². The van der Waals surface area contributed by atoms with Gasteiger partial charge in [0.25, 0.3) is 5.56 Å². The van der Waals surface area contributed by atoms with Crippen LogP contribution in [0.2, 0.25) is 0 Å². The largest absolute Gasteiger partial charge is 0.497 e. The number of methoxy groups -OCH3 is 1. The van der Waals surface area contributed by atoms with Crippen molar-refractivity contribution in [2.24, 2.45) is 0 Å². The third-order valence-electron chi connectivity index (χ3n) is 2.31. The number of halogens is 1. The van der Waals surface area contributed by atoms with Gasteiger partial charge in [-0.05, 0) is 25.1 Å². The highest BCUT2D eigenvalue weighted by Gasteiger charge is 2.09. The van der Waals surface area contributed by atoms with E-state index in [1.165, 1.54) is 31.4 Å². The van der Waals surface area contributed by atoms with Crippen LogP contribution >= 0.6 is 0 Å². The lowest BCUT2D eigenvalue weighted by atomic mass is 10.1. The second kappa shape index (κ2) is 4.37. The first-order valence-corrected chi connectivity index (χ1v) is 5.02. The average Bonchev–Trinajstić information content (AvgIpc) is 2.28. The van der Waals surface area contributed by atoms with E-state index in [0.29, 0.717) is 17.3 Å². The molecule has 0 fully saturated rings. The number of hydrogen-bond donors (Lipinski definition) is 1. The molecule has 0 aliphatic carbocycles. The molecular formula is C12H11FN2O2. The average molecular weight is 234 g/mol. The first-order valence-electron chi connectivity index (χ1n) is 5.02. The zero-order valence-corrected chi connectivity index (χ0v) is 9.45. The maximum Gasteiger partial charge on any atom is 0.251 e. The van der Waals surface area contributed by atoms with Gasteiger partial charge in [-0.15, -0.1) is 0 Å². The van der Waals surface area contributed by atoms with Crippen LogP contribution in [0.1, 0.15) is 5.82 Å². The Balaban J connectivity index is 2.62. The van der Waals surface area contributed by atoms with Gasteiger partial charge in [0.1, 0.15) is 17.4 Å². The highest BCUT2D eigenvalue weighted by atomic mass is 19.1. The summed E-state index contributed by atoms with van der Waals surface area (Å²) in [5.41, 5.74) is 0.232. The number of benzene rings is 1. The Morgan fingerprint density at radius 2 is 2.12 bits per heavy atom. The molecular weight excluding hydrogens is 223 g/mol. The van der Waals surface area contributed by atoms with Crippen LogP contribution in [0.3, 0.4) is 0 Å². The SMILES string of the molecule is COc1ccc(F)c(-c2cc(=O)[nH]c(C)n2)c1. The fraction of sp³-hybridized carbons (Fsp3) is 0.167. The number of rotatable bonds is 2. The number of nitrogens with zero attached hydrogens (tertiary/aromatic N) is 1. The standard InChI is InChI=1S/C12H11FN2O2/c1-7-14-11(6-12(16)15-7)9-5-8(17-2)3-4-10(9)13/h3-6H,1-2H3,(H,14,15,16). The van der Waals surface area contributed by atoms with Gasteiger partial charge in [-0.3, -0.25) is 4.79 Å². The molecule has 17 heavy (non-hydrogen) atoms. The summed E-state index contributed by atoms with van der Waals surface area (Å²) >= 11 is 0. The summed E-state index contributed by atoms with van der Waals surface area (Å²) in [5, 5.41) is 0. The molecule has 0 spiro atoms. The van der Waals surface area contributed by atoms with Crippen LogP contribution in [0.15, 0.2) is 29.1 Å². The lowest BCUT2D eigenvalue weighted by molar-refractivity contribution is 0.414. The highest BCUT2D eigenvalue weighted by molar-refractivity contribution is 5.61. The summed E-state index contributed by atoms with van der Waals surface area (Å²) in [4.78, 5) is 17.9. The zero-order valence-electron chi connectivity index (χ0n) is 9.45. The first-order chi connectivity index (χ1) is 8.10. The summed E-state index contributed by atoms with van der Waals surface area (Å²) < 4.78 is 18.7. The van der Waals surface area contributed by atoms with Crippen LogP contribution < -0.4 is 10.3 Å². The van der Waals surface area contributed by atoms with Crippen LogP contribution in [0, 0.1) is 12.7 Å². The van der Waals surface area contributed by atoms with Crippen molar-refractivity contribution >= 4 is 0 Å².